The summed E-state index contributed by atoms with van der Waals surface area (Å²) in [6.45, 7) is 3.54. The minimum absolute atomic E-state index is 0.598. The Labute approximate surface area is 161 Å². The topological polar surface area (TPSA) is 44.8 Å². The number of aromatic nitrogens is 3. The molecule has 1 fully saturated rings. The third-order valence-electron chi connectivity index (χ3n) is 5.56. The van der Waals surface area contributed by atoms with Crippen LogP contribution in [0.3, 0.4) is 0 Å². The van der Waals surface area contributed by atoms with E-state index in [0.29, 0.717) is 5.92 Å². The van der Waals surface area contributed by atoms with Gasteiger partial charge in [-0.3, -0.25) is 10.1 Å². The fourth-order valence-corrected chi connectivity index (χ4v) is 4.00. The van der Waals surface area contributed by atoms with Crippen molar-refractivity contribution >= 4 is 0 Å². The Kier molecular flexibility index (Phi) is 5.95. The molecule has 4 nitrogen and oxygen atoms in total. The lowest BCUT2D eigenvalue weighted by molar-refractivity contribution is 0.209. The molecule has 3 aromatic rings. The van der Waals surface area contributed by atoms with E-state index >= 15 is 0 Å². The predicted octanol–water partition coefficient (Wildman–Crippen LogP) is 4.21. The summed E-state index contributed by atoms with van der Waals surface area (Å²) >= 11 is 0. The van der Waals surface area contributed by atoms with Crippen molar-refractivity contribution in [2.75, 3.05) is 19.6 Å². The van der Waals surface area contributed by atoms with Gasteiger partial charge in [-0.15, -0.1) is 0 Å². The fourth-order valence-electron chi connectivity index (χ4n) is 4.00. The van der Waals surface area contributed by atoms with E-state index in [1.807, 2.05) is 18.5 Å². The van der Waals surface area contributed by atoms with Gasteiger partial charge in [0.05, 0.1) is 5.69 Å². The number of pyridine rings is 1. The molecule has 4 heteroatoms. The standard InChI is InChI=1S/C23H28N4/c1-2-6-19(7-3-1)16-22-17-23(26-25-22)21-10-14-27(15-11-21)13-5-9-20-8-4-12-24-18-20/h1-4,6-8,12,17-18,21H,5,9-11,13-16H2,(H,25,26). The van der Waals surface area contributed by atoms with Crippen LogP contribution >= 0.6 is 0 Å². The number of hydrogen-bond donors (Lipinski definition) is 1. The minimum atomic E-state index is 0.598. The van der Waals surface area contributed by atoms with Crippen LogP contribution in [0.15, 0.2) is 60.9 Å². The first-order valence-electron chi connectivity index (χ1n) is 10.1. The average Bonchev–Trinajstić information content (AvgIpc) is 3.19. The number of nitrogens with one attached hydrogen (secondary N) is 1. The molecule has 0 unspecified atom stereocenters. The highest BCUT2D eigenvalue weighted by atomic mass is 15.1. The average molecular weight is 361 g/mol. The third-order valence-corrected chi connectivity index (χ3v) is 5.56. The molecule has 3 heterocycles. The van der Waals surface area contributed by atoms with Crippen LogP contribution in [0.1, 0.15) is 47.7 Å². The predicted molar refractivity (Wildman–Crippen MR) is 109 cm³/mol. The monoisotopic (exact) mass is 360 g/mol. The van der Waals surface area contributed by atoms with E-state index in [9.17, 15) is 0 Å². The molecule has 1 N–H and O–H groups in total. The van der Waals surface area contributed by atoms with Crippen molar-refractivity contribution in [2.45, 2.75) is 38.0 Å². The number of aromatic amines is 1. The van der Waals surface area contributed by atoms with Gasteiger partial charge in [-0.05, 0) is 68.6 Å². The zero-order valence-electron chi connectivity index (χ0n) is 15.8. The molecule has 0 aliphatic carbocycles. The molecule has 1 aliphatic rings. The number of nitrogens with zero attached hydrogens (tertiary/aromatic N) is 3. The number of aryl methyl sites for hydroxylation is 1. The second-order valence-corrected chi connectivity index (χ2v) is 7.56. The highest BCUT2D eigenvalue weighted by molar-refractivity contribution is 5.23. The third kappa shape index (κ3) is 5.04. The molecule has 2 aromatic heterocycles. The van der Waals surface area contributed by atoms with Gasteiger partial charge in [0.25, 0.3) is 0 Å². The lowest BCUT2D eigenvalue weighted by Crippen LogP contribution is -2.34. The van der Waals surface area contributed by atoms with E-state index in [4.69, 9.17) is 0 Å². The second-order valence-electron chi connectivity index (χ2n) is 7.56. The molecule has 1 aliphatic heterocycles. The van der Waals surface area contributed by atoms with E-state index in [2.05, 4.69) is 62.5 Å². The van der Waals surface area contributed by atoms with Gasteiger partial charge in [0, 0.05) is 30.4 Å². The van der Waals surface area contributed by atoms with E-state index in [1.54, 1.807) is 0 Å². The summed E-state index contributed by atoms with van der Waals surface area (Å²) < 4.78 is 0. The van der Waals surface area contributed by atoms with Crippen LogP contribution < -0.4 is 0 Å². The number of likely N-dealkylation sites (tertiary alicyclic amines) is 1. The quantitative estimate of drug-likeness (QED) is 0.686. The Hall–Kier alpha value is -2.46. The van der Waals surface area contributed by atoms with Gasteiger partial charge >= 0.3 is 0 Å². The molecule has 27 heavy (non-hydrogen) atoms. The summed E-state index contributed by atoms with van der Waals surface area (Å²) in [4.78, 5) is 6.80. The van der Waals surface area contributed by atoms with Gasteiger partial charge in [-0.25, -0.2) is 0 Å². The van der Waals surface area contributed by atoms with Gasteiger partial charge in [0.15, 0.2) is 0 Å². The van der Waals surface area contributed by atoms with E-state index in [-0.39, 0.29) is 0 Å². The van der Waals surface area contributed by atoms with E-state index in [1.165, 1.54) is 61.4 Å². The van der Waals surface area contributed by atoms with Crippen molar-refractivity contribution in [3.05, 3.63) is 83.4 Å². The molecule has 0 spiro atoms. The highest BCUT2D eigenvalue weighted by Gasteiger charge is 2.22. The van der Waals surface area contributed by atoms with Crippen LogP contribution in [0.5, 0.6) is 0 Å². The molecule has 4 rings (SSSR count). The molecule has 0 bridgehead atoms. The summed E-state index contributed by atoms with van der Waals surface area (Å²) in [5.41, 5.74) is 5.14. The Bertz CT molecular complexity index is 805. The van der Waals surface area contributed by atoms with E-state index < -0.39 is 0 Å². The highest BCUT2D eigenvalue weighted by Crippen LogP contribution is 2.27. The molecule has 1 aromatic carbocycles. The molecule has 0 radical (unpaired) electrons. The lowest BCUT2D eigenvalue weighted by atomic mass is 9.93. The Morgan fingerprint density at radius 3 is 2.59 bits per heavy atom. The maximum atomic E-state index is 4.61. The molecule has 0 atom stereocenters. The van der Waals surface area contributed by atoms with Crippen LogP contribution in [0.25, 0.3) is 0 Å². The van der Waals surface area contributed by atoms with Gasteiger partial charge in [0.1, 0.15) is 0 Å². The molecule has 140 valence electrons. The second kappa shape index (κ2) is 8.96. The lowest BCUT2D eigenvalue weighted by Gasteiger charge is -2.31. The summed E-state index contributed by atoms with van der Waals surface area (Å²) in [5, 5.41) is 7.86. The number of piperidine rings is 1. The van der Waals surface area contributed by atoms with Crippen LogP contribution in [0, 0.1) is 0 Å². The molecule has 0 saturated carbocycles. The number of rotatable bonds is 7. The SMILES string of the molecule is c1ccc(Cc2cc(C3CCN(CCCc4cccnc4)CC3)n[nH]2)cc1. The first-order chi connectivity index (χ1) is 13.4. The maximum Gasteiger partial charge on any atom is 0.0656 e. The summed E-state index contributed by atoms with van der Waals surface area (Å²) in [7, 11) is 0. The summed E-state index contributed by atoms with van der Waals surface area (Å²) in [5.74, 6) is 0.598. The van der Waals surface area contributed by atoms with Crippen molar-refractivity contribution < 1.29 is 0 Å². The molecule has 0 amide bonds. The zero-order chi connectivity index (χ0) is 18.3. The number of hydrogen-bond acceptors (Lipinski definition) is 3. The van der Waals surface area contributed by atoms with Gasteiger partial charge in [0.2, 0.25) is 0 Å². The van der Waals surface area contributed by atoms with Crippen LogP contribution in [0.4, 0.5) is 0 Å². The first-order valence-corrected chi connectivity index (χ1v) is 10.1. The Balaban J connectivity index is 1.22. The molecule has 1 saturated heterocycles. The van der Waals surface area contributed by atoms with Crippen molar-refractivity contribution in [3.8, 4) is 0 Å². The largest absolute Gasteiger partial charge is 0.303 e. The number of H-pyrrole nitrogens is 1. The van der Waals surface area contributed by atoms with Crippen LogP contribution in [-0.2, 0) is 12.8 Å². The Morgan fingerprint density at radius 2 is 1.81 bits per heavy atom. The minimum Gasteiger partial charge on any atom is -0.303 e. The smallest absolute Gasteiger partial charge is 0.0656 e. The van der Waals surface area contributed by atoms with Gasteiger partial charge in [-0.2, -0.15) is 5.10 Å². The summed E-state index contributed by atoms with van der Waals surface area (Å²) in [6, 6.07) is 17.1. The van der Waals surface area contributed by atoms with Crippen LogP contribution in [-0.4, -0.2) is 39.7 Å². The van der Waals surface area contributed by atoms with Crippen LogP contribution in [0.2, 0.25) is 0 Å². The van der Waals surface area contributed by atoms with Crippen molar-refractivity contribution in [3.63, 3.8) is 0 Å². The molecular formula is C23H28N4. The van der Waals surface area contributed by atoms with E-state index in [0.717, 1.165) is 12.8 Å². The molecular weight excluding hydrogens is 332 g/mol. The van der Waals surface area contributed by atoms with Crippen molar-refractivity contribution in [2.24, 2.45) is 0 Å². The van der Waals surface area contributed by atoms with Crippen molar-refractivity contribution in [1.82, 2.24) is 20.1 Å². The fraction of sp³-hybridized carbons (Fsp3) is 0.391. The zero-order valence-corrected chi connectivity index (χ0v) is 15.8. The summed E-state index contributed by atoms with van der Waals surface area (Å²) in [6.07, 6.45) is 9.51. The first kappa shape index (κ1) is 17.9. The van der Waals surface area contributed by atoms with Gasteiger partial charge in [-0.1, -0.05) is 36.4 Å². The number of benzene rings is 1. The van der Waals surface area contributed by atoms with Gasteiger partial charge < -0.3 is 4.90 Å². The van der Waals surface area contributed by atoms with Crippen molar-refractivity contribution in [1.29, 1.82) is 0 Å². The maximum absolute atomic E-state index is 4.61. The normalized spacial score (nSPS) is 15.9. The Morgan fingerprint density at radius 1 is 1.00 bits per heavy atom.